The van der Waals surface area contributed by atoms with Crippen molar-refractivity contribution in [3.63, 3.8) is 0 Å². The van der Waals surface area contributed by atoms with Gasteiger partial charge in [-0.1, -0.05) is 17.7 Å². The van der Waals surface area contributed by atoms with E-state index < -0.39 is 24.3 Å². The lowest BCUT2D eigenvalue weighted by Gasteiger charge is -2.39. The molecule has 2 atom stereocenters. The van der Waals surface area contributed by atoms with Gasteiger partial charge in [0, 0.05) is 42.5 Å². The summed E-state index contributed by atoms with van der Waals surface area (Å²) in [6, 6.07) is 6.59. The molecular formula is C25H26ClF3N6O3. The maximum Gasteiger partial charge on any atom is 0.429 e. The van der Waals surface area contributed by atoms with E-state index in [0.29, 0.717) is 37.6 Å². The highest BCUT2D eigenvalue weighted by Crippen LogP contribution is 2.42. The Balaban J connectivity index is 1.37. The Morgan fingerprint density at radius 3 is 2.63 bits per heavy atom. The Labute approximate surface area is 221 Å². The van der Waals surface area contributed by atoms with Gasteiger partial charge in [0.1, 0.15) is 18.2 Å². The molecule has 0 radical (unpaired) electrons. The highest BCUT2D eigenvalue weighted by atomic mass is 35.5. The third-order valence-electron chi connectivity index (χ3n) is 7.21. The fourth-order valence-electron chi connectivity index (χ4n) is 5.16. The molecular weight excluding hydrogens is 525 g/mol. The minimum Gasteiger partial charge on any atom is -0.480 e. The molecule has 2 saturated heterocycles. The number of alkyl halides is 3. The van der Waals surface area contributed by atoms with Crippen LogP contribution in [0.2, 0.25) is 5.02 Å². The number of carboxylic acids is 1. The van der Waals surface area contributed by atoms with Crippen LogP contribution in [0.25, 0.3) is 5.69 Å². The van der Waals surface area contributed by atoms with E-state index in [1.165, 1.54) is 35.3 Å². The number of rotatable bonds is 6. The van der Waals surface area contributed by atoms with Crippen LogP contribution in [0, 0.1) is 12.3 Å². The molecule has 5 rings (SSSR count). The second kappa shape index (κ2) is 10.1. The van der Waals surface area contributed by atoms with E-state index in [1.807, 2.05) is 4.90 Å². The molecule has 0 bridgehead atoms. The van der Waals surface area contributed by atoms with E-state index >= 15 is 0 Å². The number of aryl methyl sites for hydroxylation is 1. The number of aliphatic carboxylic acids is 1. The molecule has 38 heavy (non-hydrogen) atoms. The van der Waals surface area contributed by atoms with Crippen molar-refractivity contribution in [1.82, 2.24) is 25.1 Å². The molecule has 13 heteroatoms. The third kappa shape index (κ3) is 5.41. The van der Waals surface area contributed by atoms with Crippen LogP contribution in [-0.4, -0.2) is 62.7 Å². The van der Waals surface area contributed by atoms with Crippen molar-refractivity contribution in [3.8, 4) is 11.6 Å². The van der Waals surface area contributed by atoms with Crippen molar-refractivity contribution in [3.05, 3.63) is 59.1 Å². The van der Waals surface area contributed by atoms with Crippen LogP contribution >= 0.6 is 11.6 Å². The molecule has 1 spiro atoms. The Morgan fingerprint density at radius 2 is 2.00 bits per heavy atom. The Morgan fingerprint density at radius 1 is 1.24 bits per heavy atom. The molecule has 0 amide bonds. The van der Waals surface area contributed by atoms with Gasteiger partial charge in [0.2, 0.25) is 12.0 Å². The van der Waals surface area contributed by atoms with E-state index in [0.717, 1.165) is 12.8 Å². The van der Waals surface area contributed by atoms with Crippen molar-refractivity contribution < 1.29 is 27.8 Å². The maximum absolute atomic E-state index is 14.3. The lowest BCUT2D eigenvalue weighted by Crippen LogP contribution is -2.41. The molecule has 0 saturated carbocycles. The SMILES string of the molecule is Cc1ccn(-c2cc(Cl)ccc2[C@@H](Oc2cc(N3CCC4(CC3)CN[C@H](C(=O)O)C4)ncn2)C(F)(F)F)n1. The molecule has 3 aromatic rings. The minimum atomic E-state index is -4.76. The molecule has 2 aliphatic heterocycles. The molecule has 2 aliphatic rings. The first kappa shape index (κ1) is 26.2. The van der Waals surface area contributed by atoms with Gasteiger partial charge in [0.25, 0.3) is 0 Å². The molecule has 2 N–H and O–H groups in total. The van der Waals surface area contributed by atoms with Gasteiger partial charge >= 0.3 is 12.1 Å². The number of carbonyl (C=O) groups is 1. The zero-order valence-corrected chi connectivity index (χ0v) is 21.2. The third-order valence-corrected chi connectivity index (χ3v) is 7.45. The Hall–Kier alpha value is -3.38. The number of benzene rings is 1. The second-order valence-electron chi connectivity index (χ2n) is 9.82. The first-order chi connectivity index (χ1) is 18.0. The van der Waals surface area contributed by atoms with E-state index in [-0.39, 0.29) is 27.6 Å². The topological polar surface area (TPSA) is 105 Å². The van der Waals surface area contributed by atoms with Gasteiger partial charge in [-0.3, -0.25) is 4.79 Å². The number of hydrogen-bond donors (Lipinski definition) is 2. The van der Waals surface area contributed by atoms with Crippen LogP contribution in [0.3, 0.4) is 0 Å². The van der Waals surface area contributed by atoms with Gasteiger partial charge in [-0.2, -0.15) is 18.3 Å². The van der Waals surface area contributed by atoms with Crippen molar-refractivity contribution in [1.29, 1.82) is 0 Å². The normalized spacial score (nSPS) is 20.0. The van der Waals surface area contributed by atoms with Crippen molar-refractivity contribution in [2.75, 3.05) is 24.5 Å². The van der Waals surface area contributed by atoms with E-state index in [9.17, 15) is 23.1 Å². The summed E-state index contributed by atoms with van der Waals surface area (Å²) in [6.45, 7) is 3.54. The van der Waals surface area contributed by atoms with Crippen LogP contribution in [-0.2, 0) is 4.79 Å². The summed E-state index contributed by atoms with van der Waals surface area (Å²) >= 11 is 6.11. The molecule has 2 aromatic heterocycles. The number of aromatic nitrogens is 4. The van der Waals surface area contributed by atoms with Gasteiger partial charge in [-0.05, 0) is 49.8 Å². The van der Waals surface area contributed by atoms with Crippen molar-refractivity contribution >= 4 is 23.4 Å². The average Bonchev–Trinajstić information content (AvgIpc) is 3.49. The van der Waals surface area contributed by atoms with Gasteiger partial charge in [0.15, 0.2) is 0 Å². The first-order valence-electron chi connectivity index (χ1n) is 12.1. The number of hydrogen-bond acceptors (Lipinski definition) is 7. The summed E-state index contributed by atoms with van der Waals surface area (Å²) in [4.78, 5) is 21.5. The summed E-state index contributed by atoms with van der Waals surface area (Å²) in [5.74, 6) is -0.623. The molecule has 4 heterocycles. The van der Waals surface area contributed by atoms with Gasteiger partial charge < -0.3 is 20.1 Å². The quantitative estimate of drug-likeness (QED) is 0.467. The predicted molar refractivity (Wildman–Crippen MR) is 133 cm³/mol. The lowest BCUT2D eigenvalue weighted by atomic mass is 9.76. The van der Waals surface area contributed by atoms with Gasteiger partial charge in [-0.15, -0.1) is 0 Å². The van der Waals surface area contributed by atoms with E-state index in [4.69, 9.17) is 16.3 Å². The minimum absolute atomic E-state index is 0.108. The fourth-order valence-corrected chi connectivity index (χ4v) is 5.33. The fraction of sp³-hybridized carbons (Fsp3) is 0.440. The number of halogens is 4. The van der Waals surface area contributed by atoms with Crippen LogP contribution in [0.1, 0.15) is 36.6 Å². The summed E-state index contributed by atoms with van der Waals surface area (Å²) < 4.78 is 49.8. The molecule has 0 aliphatic carbocycles. The van der Waals surface area contributed by atoms with E-state index in [1.54, 1.807) is 19.2 Å². The summed E-state index contributed by atoms with van der Waals surface area (Å²) in [6.07, 6.45) is -2.31. The molecule has 2 fully saturated rings. The second-order valence-corrected chi connectivity index (χ2v) is 10.3. The number of nitrogens with zero attached hydrogens (tertiary/aromatic N) is 5. The highest BCUT2D eigenvalue weighted by Gasteiger charge is 2.46. The number of anilines is 1. The summed E-state index contributed by atoms with van der Waals surface area (Å²) in [7, 11) is 0. The van der Waals surface area contributed by atoms with Crippen molar-refractivity contribution in [2.24, 2.45) is 5.41 Å². The standard InChI is InChI=1S/C25H26ClF3N6O3/c1-15-4-7-35(33-15)19-10-16(26)2-3-17(19)22(25(27,28)29)38-21-11-20(31-14-32-21)34-8-5-24(6-9-34)12-18(23(36)37)30-13-24/h2-4,7,10-11,14,18,22,30H,5-6,8-9,12-13H2,1H3,(H,36,37)/t18-,22+/m0/s1. The maximum atomic E-state index is 14.3. The molecule has 1 aromatic carbocycles. The zero-order valence-electron chi connectivity index (χ0n) is 20.5. The number of piperidine rings is 1. The smallest absolute Gasteiger partial charge is 0.429 e. The van der Waals surface area contributed by atoms with E-state index in [2.05, 4.69) is 20.4 Å². The Kier molecular flexibility index (Phi) is 6.95. The monoisotopic (exact) mass is 550 g/mol. The van der Waals surface area contributed by atoms with Gasteiger partial charge in [-0.25, -0.2) is 14.6 Å². The number of nitrogens with one attached hydrogen (secondary N) is 1. The van der Waals surface area contributed by atoms with Crippen LogP contribution in [0.5, 0.6) is 5.88 Å². The first-order valence-corrected chi connectivity index (χ1v) is 12.5. The average molecular weight is 551 g/mol. The van der Waals surface area contributed by atoms with Crippen LogP contribution in [0.4, 0.5) is 19.0 Å². The van der Waals surface area contributed by atoms with Crippen molar-refractivity contribution in [2.45, 2.75) is 44.5 Å². The largest absolute Gasteiger partial charge is 0.480 e. The predicted octanol–water partition coefficient (Wildman–Crippen LogP) is 4.34. The zero-order chi connectivity index (χ0) is 27.1. The van der Waals surface area contributed by atoms with Crippen LogP contribution in [0.15, 0.2) is 42.9 Å². The summed E-state index contributed by atoms with van der Waals surface area (Å²) in [5.41, 5.74) is 0.513. The molecule has 202 valence electrons. The molecule has 0 unspecified atom stereocenters. The number of ether oxygens (including phenoxy) is 1. The molecule has 9 nitrogen and oxygen atoms in total. The number of carboxylic acid groups (broad SMARTS) is 1. The summed E-state index contributed by atoms with van der Waals surface area (Å²) in [5, 5.41) is 16.9. The van der Waals surface area contributed by atoms with Gasteiger partial charge in [0.05, 0.1) is 11.4 Å². The highest BCUT2D eigenvalue weighted by molar-refractivity contribution is 6.30. The Bertz CT molecular complexity index is 1330. The lowest BCUT2D eigenvalue weighted by molar-refractivity contribution is -0.198. The van der Waals surface area contributed by atoms with Crippen LogP contribution < -0.4 is 15.0 Å².